The lowest BCUT2D eigenvalue weighted by Gasteiger charge is -2.32. The van der Waals surface area contributed by atoms with Crippen molar-refractivity contribution in [2.24, 2.45) is 0 Å². The highest BCUT2D eigenvalue weighted by Gasteiger charge is 2.24. The van der Waals surface area contributed by atoms with Crippen LogP contribution < -0.4 is 0 Å². The Balaban J connectivity index is 2.07. The van der Waals surface area contributed by atoms with Crippen LogP contribution in [0.5, 0.6) is 0 Å². The first-order valence-corrected chi connectivity index (χ1v) is 6.63. The molecule has 1 unspecified atom stereocenters. The Morgan fingerprint density at radius 2 is 1.94 bits per heavy atom. The van der Waals surface area contributed by atoms with Crippen molar-refractivity contribution in [2.45, 2.75) is 12.5 Å². The molecule has 0 spiro atoms. The van der Waals surface area contributed by atoms with Crippen LogP contribution in [-0.2, 0) is 6.54 Å². The summed E-state index contributed by atoms with van der Waals surface area (Å²) >= 11 is 6.11. The summed E-state index contributed by atoms with van der Waals surface area (Å²) in [7, 11) is 2.17. The first-order valence-electron chi connectivity index (χ1n) is 6.26. The van der Waals surface area contributed by atoms with Gasteiger partial charge in [-0.2, -0.15) is 0 Å². The predicted molar refractivity (Wildman–Crippen MR) is 76.1 cm³/mol. The molecule has 1 atom stereocenters. The SMILES string of the molecule is CN1Cc2ccccc2C(c2cccc(Cl)c2)C1. The van der Waals surface area contributed by atoms with Gasteiger partial charge in [0.2, 0.25) is 0 Å². The molecule has 0 saturated heterocycles. The summed E-state index contributed by atoms with van der Waals surface area (Å²) in [6, 6.07) is 16.9. The molecule has 2 heteroatoms. The van der Waals surface area contributed by atoms with Crippen LogP contribution in [0.2, 0.25) is 5.02 Å². The van der Waals surface area contributed by atoms with Crippen molar-refractivity contribution in [3.8, 4) is 0 Å². The zero-order chi connectivity index (χ0) is 12.5. The number of nitrogens with zero attached hydrogens (tertiary/aromatic N) is 1. The maximum atomic E-state index is 6.11. The number of rotatable bonds is 1. The third-order valence-electron chi connectivity index (χ3n) is 3.62. The molecule has 18 heavy (non-hydrogen) atoms. The third-order valence-corrected chi connectivity index (χ3v) is 3.85. The van der Waals surface area contributed by atoms with Crippen LogP contribution in [0.4, 0.5) is 0 Å². The quantitative estimate of drug-likeness (QED) is 0.749. The topological polar surface area (TPSA) is 3.24 Å². The second-order valence-corrected chi connectivity index (χ2v) is 5.44. The Bertz CT molecular complexity index is 565. The van der Waals surface area contributed by atoms with Gasteiger partial charge in [0.15, 0.2) is 0 Å². The van der Waals surface area contributed by atoms with Crippen LogP contribution >= 0.6 is 11.6 Å². The van der Waals surface area contributed by atoms with Crippen molar-refractivity contribution < 1.29 is 0 Å². The lowest BCUT2D eigenvalue weighted by atomic mass is 9.85. The third kappa shape index (κ3) is 2.16. The minimum atomic E-state index is 0.429. The number of hydrogen-bond donors (Lipinski definition) is 0. The van der Waals surface area contributed by atoms with Crippen molar-refractivity contribution in [1.29, 1.82) is 0 Å². The normalized spacial score (nSPS) is 19.6. The molecular weight excluding hydrogens is 242 g/mol. The van der Waals surface area contributed by atoms with Crippen molar-refractivity contribution in [1.82, 2.24) is 4.90 Å². The Kier molecular flexibility index (Phi) is 3.11. The molecular formula is C16H16ClN. The average Bonchev–Trinajstić information content (AvgIpc) is 2.37. The van der Waals surface area contributed by atoms with Crippen LogP contribution in [0.15, 0.2) is 48.5 Å². The summed E-state index contributed by atoms with van der Waals surface area (Å²) in [6.45, 7) is 2.09. The van der Waals surface area contributed by atoms with Gasteiger partial charge in [-0.1, -0.05) is 48.0 Å². The molecule has 1 heterocycles. The highest BCUT2D eigenvalue weighted by molar-refractivity contribution is 6.30. The number of hydrogen-bond acceptors (Lipinski definition) is 1. The first-order chi connectivity index (χ1) is 8.74. The van der Waals surface area contributed by atoms with Crippen LogP contribution in [0.1, 0.15) is 22.6 Å². The van der Waals surface area contributed by atoms with Crippen molar-refractivity contribution in [2.75, 3.05) is 13.6 Å². The number of benzene rings is 2. The predicted octanol–water partition coefficient (Wildman–Crippen LogP) is 3.92. The van der Waals surface area contributed by atoms with E-state index < -0.39 is 0 Å². The Hall–Kier alpha value is -1.31. The summed E-state index contributed by atoms with van der Waals surface area (Å²) in [5.74, 6) is 0.429. The van der Waals surface area contributed by atoms with Gasteiger partial charge < -0.3 is 4.90 Å². The fraction of sp³-hybridized carbons (Fsp3) is 0.250. The smallest absolute Gasteiger partial charge is 0.0408 e. The monoisotopic (exact) mass is 257 g/mol. The van der Waals surface area contributed by atoms with Gasteiger partial charge in [-0.3, -0.25) is 0 Å². The second-order valence-electron chi connectivity index (χ2n) is 5.00. The molecule has 0 amide bonds. The Labute approximate surface area is 113 Å². The van der Waals surface area contributed by atoms with E-state index in [4.69, 9.17) is 11.6 Å². The minimum absolute atomic E-state index is 0.429. The maximum absolute atomic E-state index is 6.11. The van der Waals surface area contributed by atoms with Gasteiger partial charge in [-0.25, -0.2) is 0 Å². The van der Waals surface area contributed by atoms with E-state index in [1.54, 1.807) is 0 Å². The molecule has 92 valence electrons. The van der Waals surface area contributed by atoms with Gasteiger partial charge in [0.1, 0.15) is 0 Å². The van der Waals surface area contributed by atoms with Crippen LogP contribution in [0.3, 0.4) is 0 Å². The van der Waals surface area contributed by atoms with Gasteiger partial charge in [0, 0.05) is 24.0 Å². The Morgan fingerprint density at radius 1 is 1.11 bits per heavy atom. The average molecular weight is 258 g/mol. The maximum Gasteiger partial charge on any atom is 0.0408 e. The lowest BCUT2D eigenvalue weighted by molar-refractivity contribution is 0.295. The second kappa shape index (κ2) is 4.75. The number of fused-ring (bicyclic) bond motifs is 1. The molecule has 0 radical (unpaired) electrons. The van der Waals surface area contributed by atoms with E-state index in [9.17, 15) is 0 Å². The highest BCUT2D eigenvalue weighted by Crippen LogP contribution is 2.33. The fourth-order valence-electron chi connectivity index (χ4n) is 2.79. The minimum Gasteiger partial charge on any atom is -0.301 e. The first kappa shape index (κ1) is 11.8. The van der Waals surface area contributed by atoms with Crippen molar-refractivity contribution in [3.05, 3.63) is 70.2 Å². The van der Waals surface area contributed by atoms with E-state index in [0.29, 0.717) is 5.92 Å². The van der Waals surface area contributed by atoms with Gasteiger partial charge in [-0.15, -0.1) is 0 Å². The van der Waals surface area contributed by atoms with E-state index in [1.807, 2.05) is 12.1 Å². The molecule has 0 aliphatic carbocycles. The molecule has 1 aliphatic heterocycles. The summed E-state index contributed by atoms with van der Waals surface area (Å²) in [6.07, 6.45) is 0. The molecule has 2 aromatic carbocycles. The molecule has 1 aliphatic rings. The molecule has 0 fully saturated rings. The van der Waals surface area contributed by atoms with Gasteiger partial charge in [-0.05, 0) is 35.9 Å². The molecule has 3 rings (SSSR count). The van der Waals surface area contributed by atoms with Crippen LogP contribution in [0.25, 0.3) is 0 Å². The van der Waals surface area contributed by atoms with Gasteiger partial charge >= 0.3 is 0 Å². The van der Waals surface area contributed by atoms with Crippen molar-refractivity contribution >= 4 is 11.6 Å². The molecule has 0 N–H and O–H groups in total. The van der Waals surface area contributed by atoms with E-state index in [2.05, 4.69) is 48.3 Å². The van der Waals surface area contributed by atoms with Crippen LogP contribution in [0, 0.1) is 0 Å². The zero-order valence-electron chi connectivity index (χ0n) is 10.4. The number of halogens is 1. The van der Waals surface area contributed by atoms with Crippen LogP contribution in [-0.4, -0.2) is 18.5 Å². The Morgan fingerprint density at radius 3 is 2.78 bits per heavy atom. The largest absolute Gasteiger partial charge is 0.301 e. The number of likely N-dealkylation sites (N-methyl/N-ethyl adjacent to an activating group) is 1. The standard InChI is InChI=1S/C16H16ClN/c1-18-10-13-5-2-3-8-15(13)16(11-18)12-6-4-7-14(17)9-12/h2-9,16H,10-11H2,1H3. The van der Waals surface area contributed by atoms with Crippen molar-refractivity contribution in [3.63, 3.8) is 0 Å². The van der Waals surface area contributed by atoms with Gasteiger partial charge in [0.05, 0.1) is 0 Å². The lowest BCUT2D eigenvalue weighted by Crippen LogP contribution is -2.30. The summed E-state index contributed by atoms with van der Waals surface area (Å²) in [4.78, 5) is 2.37. The molecule has 0 saturated carbocycles. The molecule has 0 aromatic heterocycles. The molecule has 0 bridgehead atoms. The van der Waals surface area contributed by atoms with E-state index in [0.717, 1.165) is 18.1 Å². The summed E-state index contributed by atoms with van der Waals surface area (Å²) < 4.78 is 0. The van der Waals surface area contributed by atoms with E-state index in [1.165, 1.54) is 16.7 Å². The fourth-order valence-corrected chi connectivity index (χ4v) is 2.99. The summed E-state index contributed by atoms with van der Waals surface area (Å²) in [5, 5.41) is 0.818. The summed E-state index contributed by atoms with van der Waals surface area (Å²) in [5.41, 5.74) is 4.18. The zero-order valence-corrected chi connectivity index (χ0v) is 11.2. The van der Waals surface area contributed by atoms with E-state index >= 15 is 0 Å². The van der Waals surface area contributed by atoms with Gasteiger partial charge in [0.25, 0.3) is 0 Å². The van der Waals surface area contributed by atoms with E-state index in [-0.39, 0.29) is 0 Å². The molecule has 2 aromatic rings. The highest BCUT2D eigenvalue weighted by atomic mass is 35.5. The molecule has 1 nitrogen and oxygen atoms in total.